The van der Waals surface area contributed by atoms with Crippen LogP contribution in [0.15, 0.2) is 0 Å². The lowest BCUT2D eigenvalue weighted by atomic mass is 14.0. The van der Waals surface area contributed by atoms with Gasteiger partial charge in [-0.05, 0) is 0 Å². The van der Waals surface area contributed by atoms with Crippen molar-refractivity contribution in [3.63, 3.8) is 0 Å². The van der Waals surface area contributed by atoms with Gasteiger partial charge in [0.25, 0.3) is 8.25 Å². The van der Waals surface area contributed by atoms with Crippen molar-refractivity contribution in [1.82, 2.24) is 30.8 Å². The minimum Gasteiger partial charge on any atom is -0.822 e. The van der Waals surface area contributed by atoms with Crippen LogP contribution in [-0.4, -0.2) is 0 Å². The van der Waals surface area contributed by atoms with Crippen LogP contribution in [0.2, 0.25) is 0 Å². The van der Waals surface area contributed by atoms with Crippen molar-refractivity contribution in [1.29, 1.82) is 0 Å². The Balaban J connectivity index is -0.0000000104. The van der Waals surface area contributed by atoms with Crippen molar-refractivity contribution in [2.75, 3.05) is 0 Å². The molecule has 0 aromatic heterocycles. The standard InChI is InChI=1S/5H3N.H3O4P.HO3P/c;;;;;1-5(2,3)4;1-4(2)3/h5*1H3;(H3,1,2,3,4);(H,1,2,3)/p+1. The summed E-state index contributed by atoms with van der Waals surface area (Å²) in [6.07, 6.45) is 0. The van der Waals surface area contributed by atoms with Crippen LogP contribution in [0.25, 0.3) is 0 Å². The van der Waals surface area contributed by atoms with E-state index in [1.54, 1.807) is 0 Å². The van der Waals surface area contributed by atoms with Gasteiger partial charge < -0.3 is 59.8 Å². The second-order valence-corrected chi connectivity index (χ2v) is 2.01. The molecule has 0 amide bonds. The Kier molecular flexibility index (Phi) is 79.9. The molecule has 0 rings (SSSR count). The van der Waals surface area contributed by atoms with Gasteiger partial charge in [-0.2, -0.15) is 7.82 Å². The van der Waals surface area contributed by atoms with Crippen LogP contribution < -0.4 is 55.2 Å². The molecule has 0 fully saturated rings. The highest BCUT2D eigenvalue weighted by Crippen LogP contribution is 2.03. The molecule has 0 radical (unpaired) electrons. The molecule has 96 valence electrons. The van der Waals surface area contributed by atoms with Gasteiger partial charge in [0.1, 0.15) is 0 Å². The van der Waals surface area contributed by atoms with Gasteiger partial charge in [0.15, 0.2) is 0 Å². The summed E-state index contributed by atoms with van der Waals surface area (Å²) in [5, 5.41) is 0. The van der Waals surface area contributed by atoms with E-state index in [0.717, 1.165) is 0 Å². The van der Waals surface area contributed by atoms with Gasteiger partial charge in [-0.25, -0.2) is 0 Å². The second-order valence-electron chi connectivity index (χ2n) is 0.671. The Labute approximate surface area is 81.5 Å². The number of quaternary nitrogens is 5. The largest absolute Gasteiger partial charge is 0.822 e. The normalized spacial score (nSPS) is 6.07. The van der Waals surface area contributed by atoms with E-state index < -0.39 is 16.1 Å². The molecule has 12 nitrogen and oxygen atoms in total. The van der Waals surface area contributed by atoms with Gasteiger partial charge in [-0.3, -0.25) is 0 Å². The number of hydrogen-bond acceptors (Lipinski definition) is 7. The first-order valence-electron chi connectivity index (χ1n) is 1.28. The maximum Gasteiger partial charge on any atom is 0.276 e. The SMILES string of the molecule is O=P([O-])([O-])[O-].O=[P+]([O-])[O-].[NH4+].[NH4+].[NH4+].[NH4+].[NH4+]. The van der Waals surface area contributed by atoms with E-state index >= 15 is 0 Å². The summed E-state index contributed by atoms with van der Waals surface area (Å²) in [5.41, 5.74) is 0. The van der Waals surface area contributed by atoms with E-state index in [0.29, 0.717) is 0 Å². The third-order valence-electron chi connectivity index (χ3n) is 0. The molecular weight excluding hydrogens is 244 g/mol. The zero-order valence-electron chi connectivity index (χ0n) is 8.75. The summed E-state index contributed by atoms with van der Waals surface area (Å²) in [6, 6.07) is 0. The highest BCUT2D eigenvalue weighted by Gasteiger charge is 1.53. The van der Waals surface area contributed by atoms with Gasteiger partial charge >= 0.3 is 0 Å². The smallest absolute Gasteiger partial charge is 0.276 e. The molecule has 0 bridgehead atoms. The van der Waals surface area contributed by atoms with Crippen LogP contribution in [0.5, 0.6) is 0 Å². The summed E-state index contributed by atoms with van der Waals surface area (Å²) >= 11 is 0. The molecule has 0 aliphatic heterocycles. The van der Waals surface area contributed by atoms with Crippen LogP contribution in [0.1, 0.15) is 0 Å². The summed E-state index contributed by atoms with van der Waals surface area (Å²) in [6.45, 7) is 0. The molecule has 0 unspecified atom stereocenters. The molecule has 0 saturated carbocycles. The molecular formula is H20N5O7P2+. The van der Waals surface area contributed by atoms with Gasteiger partial charge in [-0.15, -0.1) is 0 Å². The topological polar surface area (TPSA) is 332 Å². The predicted octanol–water partition coefficient (Wildman–Crippen LogP) is -2.58. The van der Waals surface area contributed by atoms with E-state index in [1.165, 1.54) is 0 Å². The third-order valence-corrected chi connectivity index (χ3v) is 0. The molecule has 0 saturated heterocycles. The molecule has 0 aliphatic carbocycles. The summed E-state index contributed by atoms with van der Waals surface area (Å²) in [4.78, 5) is 42.6. The van der Waals surface area contributed by atoms with Crippen molar-refractivity contribution < 1.29 is 33.6 Å². The quantitative estimate of drug-likeness (QED) is 0.290. The van der Waals surface area contributed by atoms with E-state index in [1.807, 2.05) is 0 Å². The lowest BCUT2D eigenvalue weighted by molar-refractivity contribution is -0.432. The molecule has 0 aromatic carbocycles. The van der Waals surface area contributed by atoms with Crippen LogP contribution >= 0.6 is 16.1 Å². The zero-order chi connectivity index (χ0) is 8.08. The molecule has 0 heterocycles. The average Bonchev–Trinajstić information content (AvgIpc) is 1.19. The Morgan fingerprint density at radius 1 is 0.786 bits per heavy atom. The predicted molar refractivity (Wildman–Crippen MR) is 45.1 cm³/mol. The molecule has 14 heteroatoms. The molecule has 0 aliphatic rings. The fourth-order valence-electron chi connectivity index (χ4n) is 0. The minimum atomic E-state index is -5.39. The highest BCUT2D eigenvalue weighted by atomic mass is 31.2. The Hall–Kier alpha value is -0.0700. The summed E-state index contributed by atoms with van der Waals surface area (Å²) in [5.74, 6) is 0. The lowest BCUT2D eigenvalue weighted by Gasteiger charge is -2.36. The number of hydrogen-bond donors (Lipinski definition) is 5. The third kappa shape index (κ3) is 291000. The maximum atomic E-state index is 8.55. The molecule has 0 spiro atoms. The van der Waals surface area contributed by atoms with Gasteiger partial charge in [0, 0.05) is 0 Å². The Bertz CT molecular complexity index is 120. The Morgan fingerprint density at radius 2 is 0.786 bits per heavy atom. The highest BCUT2D eigenvalue weighted by molar-refractivity contribution is 7.40. The van der Waals surface area contributed by atoms with Crippen LogP contribution in [-0.2, 0) is 9.13 Å². The monoisotopic (exact) mass is 264 g/mol. The fourth-order valence-corrected chi connectivity index (χ4v) is 0. The first-order valence-corrected chi connectivity index (χ1v) is 3.83. The average molecular weight is 264 g/mol. The fraction of sp³-hybridized carbons (Fsp3) is 0. The molecule has 0 aromatic rings. The van der Waals surface area contributed by atoms with Gasteiger partial charge in [-0.1, -0.05) is 4.57 Å². The molecule has 0 atom stereocenters. The second kappa shape index (κ2) is 23.1. The maximum absolute atomic E-state index is 8.55. The zero-order valence-corrected chi connectivity index (χ0v) is 10.5. The Morgan fingerprint density at radius 3 is 0.786 bits per heavy atom. The van der Waals surface area contributed by atoms with Crippen molar-refractivity contribution >= 4 is 16.1 Å². The van der Waals surface area contributed by atoms with E-state index in [2.05, 4.69) is 0 Å². The van der Waals surface area contributed by atoms with Crippen molar-refractivity contribution in [2.24, 2.45) is 0 Å². The first kappa shape index (κ1) is 48.5. The van der Waals surface area contributed by atoms with Crippen LogP contribution in [0, 0.1) is 0 Å². The first-order chi connectivity index (χ1) is 3.73. The van der Waals surface area contributed by atoms with Crippen molar-refractivity contribution in [3.8, 4) is 0 Å². The van der Waals surface area contributed by atoms with Gasteiger partial charge in [0.2, 0.25) is 0 Å². The summed E-state index contributed by atoms with van der Waals surface area (Å²) < 4.78 is 17.0. The van der Waals surface area contributed by atoms with Gasteiger partial charge in [0.05, 0.1) is 0 Å². The lowest BCUT2D eigenvalue weighted by Crippen LogP contribution is -2.24. The van der Waals surface area contributed by atoms with E-state index in [4.69, 9.17) is 33.6 Å². The molecule has 14 heavy (non-hydrogen) atoms. The van der Waals surface area contributed by atoms with Crippen LogP contribution in [0.4, 0.5) is 0 Å². The summed E-state index contributed by atoms with van der Waals surface area (Å²) in [7, 11) is -8.76. The molecule has 20 N–H and O–H groups in total. The minimum absolute atomic E-state index is 0. The number of rotatable bonds is 0. The van der Waals surface area contributed by atoms with E-state index in [-0.39, 0.29) is 30.8 Å². The van der Waals surface area contributed by atoms with Crippen LogP contribution in [0.3, 0.4) is 0 Å². The van der Waals surface area contributed by atoms with Crippen molar-refractivity contribution in [2.45, 2.75) is 0 Å². The number of phosphoric acid groups is 1. The van der Waals surface area contributed by atoms with E-state index in [9.17, 15) is 0 Å². The van der Waals surface area contributed by atoms with Crippen molar-refractivity contribution in [3.05, 3.63) is 0 Å².